The number of carbonyl (C=O) groups is 2. The van der Waals surface area contributed by atoms with Crippen LogP contribution in [0, 0.1) is 22.2 Å². The number of hydrogen-bond donors (Lipinski definition) is 0. The van der Waals surface area contributed by atoms with Crippen molar-refractivity contribution in [3.8, 4) is 0 Å². The molecule has 0 spiro atoms. The highest BCUT2D eigenvalue weighted by molar-refractivity contribution is 5.91. The molecule has 0 heterocycles. The summed E-state index contributed by atoms with van der Waals surface area (Å²) in [7, 11) is 1.29. The Morgan fingerprint density at radius 2 is 1.89 bits per heavy atom. The number of ether oxygens (including phenoxy) is 2. The third-order valence-corrected chi connectivity index (χ3v) is 8.04. The zero-order chi connectivity index (χ0) is 20.6. The Balaban J connectivity index is 1.77. The molecule has 0 amide bonds. The summed E-state index contributed by atoms with van der Waals surface area (Å²) in [6.07, 6.45) is 11.1. The molecule has 1 fully saturated rings. The van der Waals surface area contributed by atoms with Crippen LogP contribution in [0.15, 0.2) is 23.8 Å². The van der Waals surface area contributed by atoms with Crippen LogP contribution in [0.1, 0.15) is 78.6 Å². The van der Waals surface area contributed by atoms with Gasteiger partial charge in [0.25, 0.3) is 0 Å². The maximum absolute atomic E-state index is 12.0. The van der Waals surface area contributed by atoms with Crippen molar-refractivity contribution in [1.29, 1.82) is 0 Å². The van der Waals surface area contributed by atoms with E-state index in [-0.39, 0.29) is 22.7 Å². The summed E-state index contributed by atoms with van der Waals surface area (Å²) in [6.45, 7) is 11.6. The molecule has 3 rings (SSSR count). The van der Waals surface area contributed by atoms with Crippen LogP contribution in [0.4, 0.5) is 0 Å². The van der Waals surface area contributed by atoms with Gasteiger partial charge in [-0.05, 0) is 61.7 Å². The van der Waals surface area contributed by atoms with Crippen LogP contribution in [0.25, 0.3) is 0 Å². The van der Waals surface area contributed by atoms with E-state index in [1.807, 2.05) is 0 Å². The normalized spacial score (nSPS) is 37.5. The molecule has 0 aliphatic heterocycles. The third kappa shape index (κ3) is 3.79. The van der Waals surface area contributed by atoms with E-state index in [1.54, 1.807) is 11.1 Å². The fraction of sp³-hybridized carbons (Fsp3) is 0.750. The molecule has 0 radical (unpaired) electrons. The number of fused-ring (bicyclic) bond motifs is 2. The Kier molecular flexibility index (Phi) is 5.80. The molecule has 0 bridgehead atoms. The van der Waals surface area contributed by atoms with Gasteiger partial charge in [-0.2, -0.15) is 0 Å². The number of methoxy groups -OCH3 is 1. The van der Waals surface area contributed by atoms with Crippen LogP contribution in [-0.2, 0) is 19.1 Å². The molecule has 1 saturated carbocycles. The fourth-order valence-electron chi connectivity index (χ4n) is 6.36. The van der Waals surface area contributed by atoms with Gasteiger partial charge in [0.2, 0.25) is 0 Å². The van der Waals surface area contributed by atoms with Crippen molar-refractivity contribution >= 4 is 11.9 Å². The third-order valence-electron chi connectivity index (χ3n) is 8.04. The maximum Gasteiger partial charge on any atom is 0.317 e. The van der Waals surface area contributed by atoms with E-state index in [4.69, 9.17) is 4.74 Å². The average molecular weight is 389 g/mol. The average Bonchev–Trinajstić information content (AvgIpc) is 2.66. The van der Waals surface area contributed by atoms with Crippen molar-refractivity contribution in [3.63, 3.8) is 0 Å². The van der Waals surface area contributed by atoms with Gasteiger partial charge in [0.1, 0.15) is 6.42 Å². The summed E-state index contributed by atoms with van der Waals surface area (Å²) in [5.41, 5.74) is 3.77. The summed E-state index contributed by atoms with van der Waals surface area (Å²) in [5.74, 6) is -0.495. The second-order valence-electron chi connectivity index (χ2n) is 10.0. The predicted molar refractivity (Wildman–Crippen MR) is 110 cm³/mol. The highest BCUT2D eigenvalue weighted by atomic mass is 16.5. The SMILES string of the molecule is C=C[C@]1(C)CCC2=C(CCC3[C@](C)(COC(=O)CC(=O)OC)CCC[C@@]23C)C1. The molecule has 1 unspecified atom stereocenters. The summed E-state index contributed by atoms with van der Waals surface area (Å²) in [5, 5.41) is 0. The van der Waals surface area contributed by atoms with Crippen LogP contribution < -0.4 is 0 Å². The van der Waals surface area contributed by atoms with Gasteiger partial charge in [-0.3, -0.25) is 9.59 Å². The quantitative estimate of drug-likeness (QED) is 0.361. The highest BCUT2D eigenvalue weighted by Crippen LogP contribution is 2.63. The second kappa shape index (κ2) is 7.68. The van der Waals surface area contributed by atoms with Gasteiger partial charge in [0.15, 0.2) is 0 Å². The molecule has 156 valence electrons. The summed E-state index contributed by atoms with van der Waals surface area (Å²) in [6, 6.07) is 0. The van der Waals surface area contributed by atoms with Gasteiger partial charge in [-0.1, -0.05) is 44.4 Å². The smallest absolute Gasteiger partial charge is 0.317 e. The van der Waals surface area contributed by atoms with E-state index >= 15 is 0 Å². The molecule has 0 N–H and O–H groups in total. The van der Waals surface area contributed by atoms with E-state index in [9.17, 15) is 9.59 Å². The number of rotatable bonds is 5. The standard InChI is InChI=1S/C24H36O4/c1-6-22(2)13-10-18-17(15-22)8-9-19-23(3,11-7-12-24(18,19)4)16-28-21(26)14-20(25)27-5/h6,19H,1,7-16H2,2-5H3/t19?,22-,23+,24+/m1/s1. The summed E-state index contributed by atoms with van der Waals surface area (Å²) >= 11 is 0. The van der Waals surface area contributed by atoms with E-state index in [0.717, 1.165) is 32.1 Å². The number of allylic oxidation sites excluding steroid dienone is 3. The van der Waals surface area contributed by atoms with Crippen LogP contribution in [0.3, 0.4) is 0 Å². The molecule has 3 aliphatic rings. The molecule has 0 aromatic heterocycles. The Morgan fingerprint density at radius 3 is 2.57 bits per heavy atom. The topological polar surface area (TPSA) is 52.6 Å². The summed E-state index contributed by atoms with van der Waals surface area (Å²) in [4.78, 5) is 23.4. The summed E-state index contributed by atoms with van der Waals surface area (Å²) < 4.78 is 10.1. The Bertz CT molecular complexity index is 693. The van der Waals surface area contributed by atoms with Gasteiger partial charge in [0, 0.05) is 5.41 Å². The van der Waals surface area contributed by atoms with Gasteiger partial charge < -0.3 is 9.47 Å². The molecule has 0 aromatic rings. The van der Waals surface area contributed by atoms with Gasteiger partial charge in [-0.15, -0.1) is 6.58 Å². The van der Waals surface area contributed by atoms with Gasteiger partial charge in [0.05, 0.1) is 13.7 Å². The van der Waals surface area contributed by atoms with E-state index in [0.29, 0.717) is 12.5 Å². The molecule has 4 atom stereocenters. The molecule has 28 heavy (non-hydrogen) atoms. The van der Waals surface area contributed by atoms with Crippen molar-refractivity contribution in [2.24, 2.45) is 22.2 Å². The lowest BCUT2D eigenvalue weighted by atomic mass is 9.47. The highest BCUT2D eigenvalue weighted by Gasteiger charge is 2.53. The number of carbonyl (C=O) groups excluding carboxylic acids is 2. The lowest BCUT2D eigenvalue weighted by Gasteiger charge is -2.57. The first kappa shape index (κ1) is 21.1. The Labute approximate surface area is 169 Å². The van der Waals surface area contributed by atoms with Crippen LogP contribution in [0.5, 0.6) is 0 Å². The van der Waals surface area contributed by atoms with Gasteiger partial charge in [-0.25, -0.2) is 0 Å². The second-order valence-corrected chi connectivity index (χ2v) is 10.0. The molecule has 0 saturated heterocycles. The number of hydrogen-bond acceptors (Lipinski definition) is 4. The van der Waals surface area contributed by atoms with Crippen molar-refractivity contribution in [1.82, 2.24) is 0 Å². The van der Waals surface area contributed by atoms with E-state index in [1.165, 1.54) is 26.4 Å². The molecular formula is C24H36O4. The minimum atomic E-state index is -0.538. The maximum atomic E-state index is 12.0. The van der Waals surface area contributed by atoms with E-state index < -0.39 is 11.9 Å². The monoisotopic (exact) mass is 388 g/mol. The molecule has 0 aromatic carbocycles. The predicted octanol–water partition coefficient (Wildman–Crippen LogP) is 5.37. The molecule has 3 aliphatic carbocycles. The number of esters is 2. The lowest BCUT2D eigenvalue weighted by Crippen LogP contribution is -2.50. The minimum absolute atomic E-state index is 0.0313. The van der Waals surface area contributed by atoms with Crippen molar-refractivity contribution in [3.05, 3.63) is 23.8 Å². The van der Waals surface area contributed by atoms with Crippen LogP contribution in [-0.4, -0.2) is 25.7 Å². The van der Waals surface area contributed by atoms with Crippen LogP contribution in [0.2, 0.25) is 0 Å². The first-order valence-electron chi connectivity index (χ1n) is 10.7. The van der Waals surface area contributed by atoms with Crippen molar-refractivity contribution in [2.45, 2.75) is 78.6 Å². The molecule has 4 heteroatoms. The minimum Gasteiger partial charge on any atom is -0.469 e. The Hall–Kier alpha value is -1.58. The fourth-order valence-corrected chi connectivity index (χ4v) is 6.36. The first-order valence-corrected chi connectivity index (χ1v) is 10.7. The molecule has 4 nitrogen and oxygen atoms in total. The van der Waals surface area contributed by atoms with Crippen molar-refractivity contribution in [2.75, 3.05) is 13.7 Å². The zero-order valence-electron chi connectivity index (χ0n) is 18.1. The lowest BCUT2D eigenvalue weighted by molar-refractivity contribution is -0.158. The zero-order valence-corrected chi connectivity index (χ0v) is 18.1. The molecular weight excluding hydrogens is 352 g/mol. The van der Waals surface area contributed by atoms with Crippen molar-refractivity contribution < 1.29 is 19.1 Å². The largest absolute Gasteiger partial charge is 0.469 e. The van der Waals surface area contributed by atoms with E-state index in [2.05, 4.69) is 38.2 Å². The first-order chi connectivity index (χ1) is 13.2. The van der Waals surface area contributed by atoms with Crippen LogP contribution >= 0.6 is 0 Å². The van der Waals surface area contributed by atoms with Gasteiger partial charge >= 0.3 is 11.9 Å². The Morgan fingerprint density at radius 1 is 1.14 bits per heavy atom.